The second-order valence-corrected chi connectivity index (χ2v) is 8.07. The van der Waals surface area contributed by atoms with Crippen molar-refractivity contribution in [2.75, 3.05) is 5.32 Å². The van der Waals surface area contributed by atoms with E-state index in [0.29, 0.717) is 40.1 Å². The third-order valence-corrected chi connectivity index (χ3v) is 5.63. The van der Waals surface area contributed by atoms with Gasteiger partial charge in [0.25, 0.3) is 5.91 Å². The average Bonchev–Trinajstić information content (AvgIpc) is 3.37. The SMILES string of the molecule is Cc1nc(COc2ccccc2C(=O)Nc2ccc(F)c(-c3nnc4n3CCCCC4)c2)no1. The van der Waals surface area contributed by atoms with Crippen molar-refractivity contribution in [3.05, 3.63) is 71.4 Å². The number of carbonyl (C=O) groups excluding carboxylic acids is 1. The molecular weight excluding hydrogens is 439 g/mol. The summed E-state index contributed by atoms with van der Waals surface area (Å²) in [7, 11) is 0. The molecule has 0 atom stereocenters. The highest BCUT2D eigenvalue weighted by Gasteiger charge is 2.20. The normalized spacial score (nSPS) is 13.2. The number of fused-ring (bicyclic) bond motifs is 1. The molecule has 9 nitrogen and oxygen atoms in total. The Morgan fingerprint density at radius 1 is 1.18 bits per heavy atom. The summed E-state index contributed by atoms with van der Waals surface area (Å²) >= 11 is 0. The third-order valence-electron chi connectivity index (χ3n) is 5.63. The van der Waals surface area contributed by atoms with E-state index in [1.807, 2.05) is 4.57 Å². The Hall–Kier alpha value is -4.08. The first-order valence-corrected chi connectivity index (χ1v) is 11.1. The highest BCUT2D eigenvalue weighted by Crippen LogP contribution is 2.28. The average molecular weight is 462 g/mol. The number of halogens is 1. The molecule has 0 saturated carbocycles. The van der Waals surface area contributed by atoms with Crippen LogP contribution in [-0.2, 0) is 19.6 Å². The van der Waals surface area contributed by atoms with Gasteiger partial charge in [-0.2, -0.15) is 4.98 Å². The van der Waals surface area contributed by atoms with Crippen LogP contribution in [0.2, 0.25) is 0 Å². The Balaban J connectivity index is 1.37. The van der Waals surface area contributed by atoms with Crippen molar-refractivity contribution in [3.8, 4) is 17.1 Å². The number of amides is 1. The van der Waals surface area contributed by atoms with Gasteiger partial charge in [-0.25, -0.2) is 4.39 Å². The van der Waals surface area contributed by atoms with Crippen molar-refractivity contribution < 1.29 is 18.4 Å². The van der Waals surface area contributed by atoms with E-state index in [1.165, 1.54) is 12.1 Å². The molecule has 0 spiro atoms. The summed E-state index contributed by atoms with van der Waals surface area (Å²) in [6, 6.07) is 11.3. The lowest BCUT2D eigenvalue weighted by atomic mass is 10.1. The number of nitrogens with one attached hydrogen (secondary N) is 1. The maximum atomic E-state index is 14.8. The molecule has 3 heterocycles. The number of ether oxygens (including phenoxy) is 1. The number of nitrogens with zero attached hydrogens (tertiary/aromatic N) is 5. The number of hydrogen-bond donors (Lipinski definition) is 1. The predicted molar refractivity (Wildman–Crippen MR) is 121 cm³/mol. The summed E-state index contributed by atoms with van der Waals surface area (Å²) in [6.45, 7) is 2.49. The minimum Gasteiger partial charge on any atom is -0.485 e. The van der Waals surface area contributed by atoms with Crippen molar-refractivity contribution in [1.82, 2.24) is 24.9 Å². The Labute approximate surface area is 195 Å². The second kappa shape index (κ2) is 9.42. The first-order valence-electron chi connectivity index (χ1n) is 11.1. The van der Waals surface area contributed by atoms with Gasteiger partial charge in [0.15, 0.2) is 12.4 Å². The van der Waals surface area contributed by atoms with Gasteiger partial charge in [-0.05, 0) is 43.2 Å². The summed E-state index contributed by atoms with van der Waals surface area (Å²) in [5.41, 5.74) is 1.07. The summed E-state index contributed by atoms with van der Waals surface area (Å²) < 4.78 is 27.4. The molecule has 34 heavy (non-hydrogen) atoms. The summed E-state index contributed by atoms with van der Waals surface area (Å²) in [5.74, 6) is 1.71. The zero-order chi connectivity index (χ0) is 23.5. The lowest BCUT2D eigenvalue weighted by Crippen LogP contribution is -2.14. The largest absolute Gasteiger partial charge is 0.485 e. The number of rotatable bonds is 6. The van der Waals surface area contributed by atoms with E-state index in [2.05, 4.69) is 25.7 Å². The first-order chi connectivity index (χ1) is 16.6. The highest BCUT2D eigenvalue weighted by molar-refractivity contribution is 6.06. The molecular formula is C24H23FN6O3. The molecule has 174 valence electrons. The molecule has 0 aliphatic carbocycles. The van der Waals surface area contributed by atoms with E-state index >= 15 is 0 Å². The van der Waals surface area contributed by atoms with Gasteiger partial charge in [0, 0.05) is 25.6 Å². The molecule has 0 fully saturated rings. The second-order valence-electron chi connectivity index (χ2n) is 8.07. The molecule has 0 unspecified atom stereocenters. The predicted octanol–water partition coefficient (Wildman–Crippen LogP) is 4.33. The van der Waals surface area contributed by atoms with E-state index < -0.39 is 11.7 Å². The van der Waals surface area contributed by atoms with E-state index in [0.717, 1.165) is 38.1 Å². The Morgan fingerprint density at radius 3 is 2.91 bits per heavy atom. The highest BCUT2D eigenvalue weighted by atomic mass is 19.1. The van der Waals surface area contributed by atoms with Gasteiger partial charge in [0.05, 0.1) is 11.1 Å². The number of para-hydroxylation sites is 1. The zero-order valence-electron chi connectivity index (χ0n) is 18.6. The van der Waals surface area contributed by atoms with E-state index in [1.54, 1.807) is 37.3 Å². The van der Waals surface area contributed by atoms with E-state index in [-0.39, 0.29) is 6.61 Å². The summed E-state index contributed by atoms with van der Waals surface area (Å²) in [5, 5.41) is 15.1. The minimum atomic E-state index is -0.420. The van der Waals surface area contributed by atoms with Gasteiger partial charge in [-0.3, -0.25) is 4.79 Å². The van der Waals surface area contributed by atoms with Crippen LogP contribution >= 0.6 is 0 Å². The molecule has 10 heteroatoms. The molecule has 1 aliphatic heterocycles. The number of hydrogen-bond acceptors (Lipinski definition) is 7. The fourth-order valence-corrected chi connectivity index (χ4v) is 3.98. The monoisotopic (exact) mass is 462 g/mol. The van der Waals surface area contributed by atoms with Crippen LogP contribution in [0.1, 0.15) is 47.2 Å². The Kier molecular flexibility index (Phi) is 6.03. The summed E-state index contributed by atoms with van der Waals surface area (Å²) in [4.78, 5) is 17.1. The number of aromatic nitrogens is 5. The van der Waals surface area contributed by atoms with Crippen LogP contribution in [0.4, 0.5) is 10.1 Å². The first kappa shape index (κ1) is 21.7. The van der Waals surface area contributed by atoms with Crippen LogP contribution < -0.4 is 10.1 Å². The Bertz CT molecular complexity index is 1330. The molecule has 1 amide bonds. The van der Waals surface area contributed by atoms with E-state index in [9.17, 15) is 9.18 Å². The molecule has 0 radical (unpaired) electrons. The van der Waals surface area contributed by atoms with Crippen LogP contribution in [0.15, 0.2) is 47.0 Å². The van der Waals surface area contributed by atoms with Gasteiger partial charge >= 0.3 is 0 Å². The molecule has 2 aromatic carbocycles. The molecule has 0 saturated heterocycles. The van der Waals surface area contributed by atoms with Crippen molar-refractivity contribution >= 4 is 11.6 Å². The van der Waals surface area contributed by atoms with Crippen molar-refractivity contribution in [2.45, 2.75) is 45.8 Å². The molecule has 1 aliphatic rings. The van der Waals surface area contributed by atoms with Crippen molar-refractivity contribution in [3.63, 3.8) is 0 Å². The number of anilines is 1. The minimum absolute atomic E-state index is 0.0559. The smallest absolute Gasteiger partial charge is 0.259 e. The van der Waals surface area contributed by atoms with Crippen LogP contribution in [0.25, 0.3) is 11.4 Å². The molecule has 2 aromatic heterocycles. The fraction of sp³-hybridized carbons (Fsp3) is 0.292. The molecule has 1 N–H and O–H groups in total. The van der Waals surface area contributed by atoms with Crippen LogP contribution in [0.3, 0.4) is 0 Å². The lowest BCUT2D eigenvalue weighted by molar-refractivity contribution is 0.102. The standard InChI is InChI=1S/C24H23FN6O3/c1-15-26-21(30-34-15)14-33-20-8-5-4-7-17(20)24(32)27-16-10-11-19(25)18(13-16)23-29-28-22-9-3-2-6-12-31(22)23/h4-5,7-8,10-11,13H,2-3,6,9,12,14H2,1H3,(H,27,32). The van der Waals surface area contributed by atoms with Crippen LogP contribution in [0.5, 0.6) is 5.75 Å². The lowest BCUT2D eigenvalue weighted by Gasteiger charge is -2.12. The van der Waals surface area contributed by atoms with Gasteiger partial charge in [0.2, 0.25) is 11.7 Å². The van der Waals surface area contributed by atoms with Crippen LogP contribution in [-0.4, -0.2) is 30.8 Å². The number of aryl methyl sites for hydroxylation is 2. The number of carbonyl (C=O) groups is 1. The fourth-order valence-electron chi connectivity index (χ4n) is 3.98. The van der Waals surface area contributed by atoms with E-state index in [4.69, 9.17) is 9.26 Å². The maximum absolute atomic E-state index is 14.8. The van der Waals surface area contributed by atoms with Gasteiger partial charge < -0.3 is 19.1 Å². The third kappa shape index (κ3) is 4.52. The van der Waals surface area contributed by atoms with Gasteiger partial charge in [0.1, 0.15) is 17.4 Å². The molecule has 0 bridgehead atoms. The summed E-state index contributed by atoms with van der Waals surface area (Å²) in [6.07, 6.45) is 3.97. The van der Waals surface area contributed by atoms with Gasteiger partial charge in [-0.1, -0.05) is 23.7 Å². The zero-order valence-corrected chi connectivity index (χ0v) is 18.6. The Morgan fingerprint density at radius 2 is 2.06 bits per heavy atom. The van der Waals surface area contributed by atoms with Crippen molar-refractivity contribution in [1.29, 1.82) is 0 Å². The molecule has 4 aromatic rings. The molecule has 5 rings (SSSR count). The van der Waals surface area contributed by atoms with Crippen LogP contribution in [0, 0.1) is 12.7 Å². The van der Waals surface area contributed by atoms with Crippen molar-refractivity contribution in [2.24, 2.45) is 0 Å². The maximum Gasteiger partial charge on any atom is 0.259 e. The quantitative estimate of drug-likeness (QED) is 0.454. The van der Waals surface area contributed by atoms with Gasteiger partial charge in [-0.15, -0.1) is 10.2 Å². The number of benzene rings is 2. The topological polar surface area (TPSA) is 108 Å².